The fourth-order valence-corrected chi connectivity index (χ4v) is 2.15. The summed E-state index contributed by atoms with van der Waals surface area (Å²) in [7, 11) is 0. The van der Waals surface area contributed by atoms with Crippen molar-refractivity contribution < 1.29 is 22.4 Å². The minimum Gasteiger partial charge on any atom is -0.371 e. The van der Waals surface area contributed by atoms with Gasteiger partial charge in [0.1, 0.15) is 5.69 Å². The molecule has 0 saturated carbocycles. The van der Waals surface area contributed by atoms with Crippen LogP contribution >= 0.6 is 0 Å². The molecule has 0 unspecified atom stereocenters. The number of rotatable bonds is 3. The van der Waals surface area contributed by atoms with Crippen LogP contribution in [-0.4, -0.2) is 30.4 Å². The van der Waals surface area contributed by atoms with Crippen LogP contribution in [0.25, 0.3) is 0 Å². The van der Waals surface area contributed by atoms with Crippen molar-refractivity contribution in [3.63, 3.8) is 0 Å². The molecule has 0 atom stereocenters. The number of piperidine rings is 1. The maximum atomic E-state index is 13.4. The molecule has 1 amide bonds. The minimum absolute atomic E-state index is 0.127. The Kier molecular flexibility index (Phi) is 4.46. The second-order valence-electron chi connectivity index (χ2n) is 4.64. The van der Waals surface area contributed by atoms with Crippen molar-refractivity contribution in [3.05, 3.63) is 29.3 Å². The van der Waals surface area contributed by atoms with Gasteiger partial charge >= 0.3 is 0 Å². The van der Waals surface area contributed by atoms with E-state index in [2.05, 4.69) is 5.32 Å². The summed E-state index contributed by atoms with van der Waals surface area (Å²) >= 11 is 0. The van der Waals surface area contributed by atoms with Gasteiger partial charge in [-0.05, 0) is 19.3 Å². The molecule has 20 heavy (non-hydrogen) atoms. The first-order valence-electron chi connectivity index (χ1n) is 6.35. The molecular formula is C13H14F4N2O. The van der Waals surface area contributed by atoms with Crippen molar-refractivity contribution in [3.8, 4) is 0 Å². The number of nitrogens with one attached hydrogen (secondary N) is 1. The summed E-state index contributed by atoms with van der Waals surface area (Å²) in [5.41, 5.74) is -0.951. The lowest BCUT2D eigenvalue weighted by atomic mass is 10.1. The molecule has 3 nitrogen and oxygen atoms in total. The number of nitrogens with zero attached hydrogens (tertiary/aromatic N) is 1. The van der Waals surface area contributed by atoms with Crippen LogP contribution in [0.1, 0.15) is 19.3 Å². The molecule has 1 fully saturated rings. The van der Waals surface area contributed by atoms with E-state index in [1.165, 1.54) is 0 Å². The zero-order valence-electron chi connectivity index (χ0n) is 10.7. The van der Waals surface area contributed by atoms with E-state index < -0.39 is 35.5 Å². The molecule has 0 aliphatic carbocycles. The van der Waals surface area contributed by atoms with Gasteiger partial charge in [0.25, 0.3) is 0 Å². The molecule has 1 N–H and O–H groups in total. The SMILES string of the molecule is O=C(CNc1c(F)c(F)cc(F)c1F)N1CCCCC1. The molecule has 1 aromatic rings. The van der Waals surface area contributed by atoms with Gasteiger partial charge in [-0.15, -0.1) is 0 Å². The second-order valence-corrected chi connectivity index (χ2v) is 4.64. The Labute approximate surface area is 113 Å². The van der Waals surface area contributed by atoms with Gasteiger partial charge in [-0.3, -0.25) is 4.79 Å². The molecule has 7 heteroatoms. The van der Waals surface area contributed by atoms with Crippen molar-refractivity contribution in [2.75, 3.05) is 25.0 Å². The predicted molar refractivity (Wildman–Crippen MR) is 65.2 cm³/mol. The van der Waals surface area contributed by atoms with Gasteiger partial charge in [0.05, 0.1) is 6.54 Å². The van der Waals surface area contributed by atoms with Crippen molar-refractivity contribution >= 4 is 11.6 Å². The first kappa shape index (κ1) is 14.6. The molecule has 0 spiro atoms. The molecule has 1 aromatic carbocycles. The number of likely N-dealkylation sites (tertiary alicyclic amines) is 1. The highest BCUT2D eigenvalue weighted by Gasteiger charge is 2.21. The summed E-state index contributed by atoms with van der Waals surface area (Å²) in [6.07, 6.45) is 2.79. The Balaban J connectivity index is 2.05. The van der Waals surface area contributed by atoms with Crippen LogP contribution in [0.2, 0.25) is 0 Å². The number of benzene rings is 1. The smallest absolute Gasteiger partial charge is 0.241 e. The highest BCUT2D eigenvalue weighted by Crippen LogP contribution is 2.24. The maximum Gasteiger partial charge on any atom is 0.241 e. The van der Waals surface area contributed by atoms with Crippen LogP contribution < -0.4 is 5.32 Å². The van der Waals surface area contributed by atoms with Gasteiger partial charge < -0.3 is 10.2 Å². The first-order valence-corrected chi connectivity index (χ1v) is 6.35. The summed E-state index contributed by atoms with van der Waals surface area (Å²) in [6, 6.07) is 0.127. The number of anilines is 1. The molecule has 1 aliphatic rings. The summed E-state index contributed by atoms with van der Waals surface area (Å²) < 4.78 is 52.7. The van der Waals surface area contributed by atoms with Crippen LogP contribution in [0.4, 0.5) is 23.2 Å². The summed E-state index contributed by atoms with van der Waals surface area (Å²) in [6.45, 7) is 0.767. The van der Waals surface area contributed by atoms with E-state index >= 15 is 0 Å². The number of carbonyl (C=O) groups is 1. The molecule has 0 radical (unpaired) electrons. The van der Waals surface area contributed by atoms with Gasteiger partial charge in [0.15, 0.2) is 23.3 Å². The third-order valence-electron chi connectivity index (χ3n) is 3.24. The van der Waals surface area contributed by atoms with Crippen LogP contribution in [0.5, 0.6) is 0 Å². The number of hydrogen-bond donors (Lipinski definition) is 1. The number of hydrogen-bond acceptors (Lipinski definition) is 2. The van der Waals surface area contributed by atoms with E-state index in [1.54, 1.807) is 4.90 Å². The normalized spacial score (nSPS) is 15.3. The second kappa shape index (κ2) is 6.11. The van der Waals surface area contributed by atoms with Crippen LogP contribution in [0, 0.1) is 23.3 Å². The van der Waals surface area contributed by atoms with Gasteiger partial charge in [-0.25, -0.2) is 17.6 Å². The van der Waals surface area contributed by atoms with E-state index in [9.17, 15) is 22.4 Å². The molecule has 0 aromatic heterocycles. The first-order chi connectivity index (χ1) is 9.50. The van der Waals surface area contributed by atoms with Gasteiger partial charge in [0, 0.05) is 19.2 Å². The van der Waals surface area contributed by atoms with Crippen LogP contribution in [0.15, 0.2) is 6.07 Å². The Bertz CT molecular complexity index is 489. The van der Waals surface area contributed by atoms with Gasteiger partial charge in [0.2, 0.25) is 5.91 Å². The molecule has 1 heterocycles. The molecule has 110 valence electrons. The highest BCUT2D eigenvalue weighted by molar-refractivity contribution is 5.81. The van der Waals surface area contributed by atoms with Crippen LogP contribution in [0.3, 0.4) is 0 Å². The lowest BCUT2D eigenvalue weighted by molar-refractivity contribution is -0.130. The van der Waals surface area contributed by atoms with E-state index in [0.29, 0.717) is 13.1 Å². The third-order valence-corrected chi connectivity index (χ3v) is 3.24. The predicted octanol–water partition coefficient (Wildman–Crippen LogP) is 2.67. The van der Waals surface area contributed by atoms with E-state index in [4.69, 9.17) is 0 Å². The molecule has 2 rings (SSSR count). The van der Waals surface area contributed by atoms with Gasteiger partial charge in [-0.1, -0.05) is 0 Å². The van der Waals surface area contributed by atoms with Crippen molar-refractivity contribution in [2.24, 2.45) is 0 Å². The van der Waals surface area contributed by atoms with Gasteiger partial charge in [-0.2, -0.15) is 0 Å². The summed E-state index contributed by atoms with van der Waals surface area (Å²) in [5.74, 6) is -6.42. The maximum absolute atomic E-state index is 13.4. The standard InChI is InChI=1S/C13H14F4N2O/c14-8-6-9(15)12(17)13(11(8)16)18-7-10(20)19-4-2-1-3-5-19/h6,18H,1-5,7H2. The van der Waals surface area contributed by atoms with Crippen LogP contribution in [-0.2, 0) is 4.79 Å². The Morgan fingerprint density at radius 3 is 2.15 bits per heavy atom. The largest absolute Gasteiger partial charge is 0.371 e. The van der Waals surface area contributed by atoms with E-state index in [-0.39, 0.29) is 12.0 Å². The average molecular weight is 290 g/mol. The number of halogens is 4. The molecule has 1 aliphatic heterocycles. The van der Waals surface area contributed by atoms with Crippen molar-refractivity contribution in [1.82, 2.24) is 4.90 Å². The number of carbonyl (C=O) groups excluding carboxylic acids is 1. The van der Waals surface area contributed by atoms with Crippen molar-refractivity contribution in [1.29, 1.82) is 0 Å². The highest BCUT2D eigenvalue weighted by atomic mass is 19.2. The molecule has 1 saturated heterocycles. The fraction of sp³-hybridized carbons (Fsp3) is 0.462. The Hall–Kier alpha value is -1.79. The average Bonchev–Trinajstić information content (AvgIpc) is 2.46. The zero-order valence-corrected chi connectivity index (χ0v) is 10.7. The quantitative estimate of drug-likeness (QED) is 0.685. The molecular weight excluding hydrogens is 276 g/mol. The fourth-order valence-electron chi connectivity index (χ4n) is 2.15. The minimum atomic E-state index is -1.53. The molecule has 0 bridgehead atoms. The Morgan fingerprint density at radius 2 is 1.60 bits per heavy atom. The lowest BCUT2D eigenvalue weighted by Crippen LogP contribution is -2.39. The van der Waals surface area contributed by atoms with E-state index in [1.807, 2.05) is 0 Å². The summed E-state index contributed by atoms with van der Waals surface area (Å²) in [5, 5.41) is 2.14. The zero-order chi connectivity index (χ0) is 14.7. The summed E-state index contributed by atoms with van der Waals surface area (Å²) in [4.78, 5) is 13.4. The lowest BCUT2D eigenvalue weighted by Gasteiger charge is -2.27. The topological polar surface area (TPSA) is 32.3 Å². The Morgan fingerprint density at radius 1 is 1.05 bits per heavy atom. The monoisotopic (exact) mass is 290 g/mol. The third kappa shape index (κ3) is 3.02. The number of amides is 1. The van der Waals surface area contributed by atoms with E-state index in [0.717, 1.165) is 19.3 Å². The van der Waals surface area contributed by atoms with Crippen molar-refractivity contribution in [2.45, 2.75) is 19.3 Å².